The van der Waals surface area contributed by atoms with Crippen LogP contribution < -0.4 is 10.6 Å². The average molecular weight is 359 g/mol. The van der Waals surface area contributed by atoms with Gasteiger partial charge in [0.15, 0.2) is 0 Å². The van der Waals surface area contributed by atoms with Crippen molar-refractivity contribution in [3.05, 3.63) is 108 Å². The Morgan fingerprint density at radius 2 is 0.852 bits per heavy atom. The summed E-state index contributed by atoms with van der Waals surface area (Å²) in [4.78, 5) is 0. The highest BCUT2D eigenvalue weighted by atomic mass is 15.0. The maximum Gasteiger partial charge on any atom is 0.0478 e. The first kappa shape index (κ1) is 19.3. The molecule has 0 radical (unpaired) electrons. The maximum absolute atomic E-state index is 3.84. The Kier molecular flexibility index (Phi) is 6.80. The maximum atomic E-state index is 3.84. The van der Waals surface area contributed by atoms with Gasteiger partial charge in [0.2, 0.25) is 0 Å². The molecule has 3 aromatic carbocycles. The van der Waals surface area contributed by atoms with E-state index in [1.165, 1.54) is 16.7 Å². The van der Waals surface area contributed by atoms with Crippen LogP contribution >= 0.6 is 0 Å². The smallest absolute Gasteiger partial charge is 0.0478 e. The van der Waals surface area contributed by atoms with Crippen LogP contribution in [0.1, 0.15) is 55.6 Å². The first-order chi connectivity index (χ1) is 13.1. The first-order valence-electron chi connectivity index (χ1n) is 9.82. The van der Waals surface area contributed by atoms with Gasteiger partial charge >= 0.3 is 0 Å². The van der Waals surface area contributed by atoms with E-state index in [0.717, 1.165) is 0 Å². The molecule has 0 bridgehead atoms. The van der Waals surface area contributed by atoms with Gasteiger partial charge in [-0.2, -0.15) is 0 Å². The van der Waals surface area contributed by atoms with E-state index in [4.69, 9.17) is 0 Å². The van der Waals surface area contributed by atoms with Crippen LogP contribution in [0.15, 0.2) is 91.0 Å². The lowest BCUT2D eigenvalue weighted by atomic mass is 9.96. The second-order valence-electron chi connectivity index (χ2n) is 7.28. The van der Waals surface area contributed by atoms with Crippen molar-refractivity contribution in [2.45, 2.75) is 44.9 Å². The third-order valence-corrected chi connectivity index (χ3v) is 5.20. The van der Waals surface area contributed by atoms with Crippen molar-refractivity contribution in [2.75, 3.05) is 0 Å². The largest absolute Gasteiger partial charge is 0.306 e. The van der Waals surface area contributed by atoms with Crippen molar-refractivity contribution in [2.24, 2.45) is 0 Å². The molecule has 2 N–H and O–H groups in total. The summed E-state index contributed by atoms with van der Waals surface area (Å²) in [6.45, 7) is 6.73. The molecule has 140 valence electrons. The number of hydrogen-bond acceptors (Lipinski definition) is 2. The summed E-state index contributed by atoms with van der Waals surface area (Å²) in [5, 5.41) is 7.63. The fourth-order valence-electron chi connectivity index (χ4n) is 3.63. The van der Waals surface area contributed by atoms with Crippen molar-refractivity contribution >= 4 is 0 Å². The fourth-order valence-corrected chi connectivity index (χ4v) is 3.63. The van der Waals surface area contributed by atoms with E-state index in [1.54, 1.807) is 0 Å². The molecule has 0 aliphatic carbocycles. The molecule has 0 aliphatic rings. The minimum absolute atomic E-state index is 0.215. The van der Waals surface area contributed by atoms with E-state index < -0.39 is 0 Å². The molecule has 3 aromatic rings. The Bertz CT molecular complexity index is 786. The highest BCUT2D eigenvalue weighted by molar-refractivity contribution is 5.24. The van der Waals surface area contributed by atoms with Crippen LogP contribution in [0.3, 0.4) is 0 Å². The zero-order valence-corrected chi connectivity index (χ0v) is 16.5. The molecule has 0 amide bonds. The van der Waals surface area contributed by atoms with E-state index in [-0.39, 0.29) is 18.1 Å². The minimum atomic E-state index is 0.215. The molecule has 0 unspecified atom stereocenters. The van der Waals surface area contributed by atoms with Crippen molar-refractivity contribution in [3.8, 4) is 0 Å². The van der Waals surface area contributed by atoms with Gasteiger partial charge in [0.25, 0.3) is 0 Å². The Labute approximate surface area is 163 Å². The Morgan fingerprint density at radius 1 is 0.481 bits per heavy atom. The van der Waals surface area contributed by atoms with Crippen LogP contribution in [0.4, 0.5) is 0 Å². The summed E-state index contributed by atoms with van der Waals surface area (Å²) in [5.74, 6) is 0. The molecule has 0 heterocycles. The van der Waals surface area contributed by atoms with Crippen LogP contribution in [0.5, 0.6) is 0 Å². The Balaban J connectivity index is 1.77. The monoisotopic (exact) mass is 358 g/mol. The summed E-state index contributed by atoms with van der Waals surface area (Å²) in [5.41, 5.74) is 3.93. The van der Waals surface area contributed by atoms with Crippen molar-refractivity contribution < 1.29 is 0 Å². The first-order valence-corrected chi connectivity index (χ1v) is 9.82. The predicted octanol–water partition coefficient (Wildman–Crippen LogP) is 5.82. The zero-order valence-electron chi connectivity index (χ0n) is 16.5. The van der Waals surface area contributed by atoms with Gasteiger partial charge in [0.1, 0.15) is 0 Å². The van der Waals surface area contributed by atoms with Gasteiger partial charge in [0, 0.05) is 24.2 Å². The fraction of sp³-hybridized carbons (Fsp3) is 0.280. The van der Waals surface area contributed by atoms with Crippen molar-refractivity contribution in [1.29, 1.82) is 0 Å². The lowest BCUT2D eigenvalue weighted by molar-refractivity contribution is 0.344. The number of nitrogens with one attached hydrogen (secondary N) is 2. The Hall–Kier alpha value is -2.42. The third-order valence-electron chi connectivity index (χ3n) is 5.20. The second-order valence-corrected chi connectivity index (χ2v) is 7.28. The number of rotatable bonds is 8. The molecule has 27 heavy (non-hydrogen) atoms. The molecule has 0 aliphatic heterocycles. The molecule has 0 spiro atoms. The summed E-state index contributed by atoms with van der Waals surface area (Å²) in [7, 11) is 0. The highest BCUT2D eigenvalue weighted by Crippen LogP contribution is 2.24. The van der Waals surface area contributed by atoms with Gasteiger partial charge in [-0.25, -0.2) is 0 Å². The lowest BCUT2D eigenvalue weighted by Crippen LogP contribution is -2.41. The molecule has 0 fully saturated rings. The third kappa shape index (κ3) is 5.29. The van der Waals surface area contributed by atoms with Crippen LogP contribution in [-0.2, 0) is 0 Å². The summed E-state index contributed by atoms with van der Waals surface area (Å²) >= 11 is 0. The van der Waals surface area contributed by atoms with Gasteiger partial charge in [-0.3, -0.25) is 0 Å². The molecule has 2 nitrogen and oxygen atoms in total. The highest BCUT2D eigenvalue weighted by Gasteiger charge is 2.23. The molecule has 4 atom stereocenters. The number of benzene rings is 3. The molecular formula is C25H30N2. The lowest BCUT2D eigenvalue weighted by Gasteiger charge is -2.32. The molecular weight excluding hydrogens is 328 g/mol. The summed E-state index contributed by atoms with van der Waals surface area (Å²) in [6.07, 6.45) is 0. The Morgan fingerprint density at radius 3 is 1.30 bits per heavy atom. The molecule has 0 saturated carbocycles. The van der Waals surface area contributed by atoms with E-state index in [2.05, 4.69) is 122 Å². The van der Waals surface area contributed by atoms with Crippen LogP contribution in [-0.4, -0.2) is 6.04 Å². The van der Waals surface area contributed by atoms with Crippen molar-refractivity contribution in [1.82, 2.24) is 10.6 Å². The number of hydrogen-bond donors (Lipinski definition) is 2. The topological polar surface area (TPSA) is 24.1 Å². The predicted molar refractivity (Wildman–Crippen MR) is 115 cm³/mol. The van der Waals surface area contributed by atoms with Gasteiger partial charge < -0.3 is 10.6 Å². The molecule has 0 saturated heterocycles. The van der Waals surface area contributed by atoms with E-state index in [0.29, 0.717) is 6.04 Å². The van der Waals surface area contributed by atoms with Gasteiger partial charge in [-0.1, -0.05) is 91.0 Å². The molecule has 2 heteroatoms. The van der Waals surface area contributed by atoms with E-state index in [9.17, 15) is 0 Å². The standard InChI is InChI=1S/C25H30N2/c1-19(22-13-7-4-8-14-22)26-21(3)25(24-17-11-6-12-18-24)27-20(2)23-15-9-5-10-16-23/h4-21,25-27H,1-3H3/t19-,20-,21-,25-/m0/s1. The van der Waals surface area contributed by atoms with Crippen LogP contribution in [0.2, 0.25) is 0 Å². The van der Waals surface area contributed by atoms with E-state index in [1.807, 2.05) is 0 Å². The second kappa shape index (κ2) is 9.50. The zero-order chi connectivity index (χ0) is 19.1. The van der Waals surface area contributed by atoms with E-state index >= 15 is 0 Å². The van der Waals surface area contributed by atoms with Gasteiger partial charge in [0.05, 0.1) is 0 Å². The normalized spacial score (nSPS) is 15.7. The van der Waals surface area contributed by atoms with Crippen LogP contribution in [0, 0.1) is 0 Å². The minimum Gasteiger partial charge on any atom is -0.306 e. The average Bonchev–Trinajstić information content (AvgIpc) is 2.73. The summed E-state index contributed by atoms with van der Waals surface area (Å²) in [6, 6.07) is 33.0. The van der Waals surface area contributed by atoms with Gasteiger partial charge in [-0.15, -0.1) is 0 Å². The summed E-state index contributed by atoms with van der Waals surface area (Å²) < 4.78 is 0. The van der Waals surface area contributed by atoms with Crippen molar-refractivity contribution in [3.63, 3.8) is 0 Å². The quantitative estimate of drug-likeness (QED) is 0.530. The molecule has 3 rings (SSSR count). The van der Waals surface area contributed by atoms with Gasteiger partial charge in [-0.05, 0) is 37.5 Å². The van der Waals surface area contributed by atoms with Crippen LogP contribution in [0.25, 0.3) is 0 Å². The SMILES string of the molecule is C[C@H](N[C@@H](C)[C@H](N[C@@H](C)c1ccccc1)c1ccccc1)c1ccccc1. The molecule has 0 aromatic heterocycles.